The Balaban J connectivity index is 1.77. The third-order valence-electron chi connectivity index (χ3n) is 7.26. The van der Waals surface area contributed by atoms with Crippen molar-refractivity contribution in [3.05, 3.63) is 52.6 Å². The number of aryl methyl sites for hydroxylation is 2. The van der Waals surface area contributed by atoms with Crippen LogP contribution in [0.1, 0.15) is 43.6 Å². The largest absolute Gasteiger partial charge is 0.305 e. The number of aromatic nitrogens is 6. The van der Waals surface area contributed by atoms with Gasteiger partial charge in [0.2, 0.25) is 5.78 Å². The van der Waals surface area contributed by atoms with Gasteiger partial charge in [-0.2, -0.15) is 4.80 Å². The zero-order chi connectivity index (χ0) is 21.9. The van der Waals surface area contributed by atoms with Crippen molar-refractivity contribution in [3.8, 4) is 17.3 Å². The summed E-state index contributed by atoms with van der Waals surface area (Å²) in [6, 6.07) is 7.54. The summed E-state index contributed by atoms with van der Waals surface area (Å²) in [6.45, 7) is 13.8. The van der Waals surface area contributed by atoms with Gasteiger partial charge < -0.3 is 4.85 Å². The molecule has 2 aromatic heterocycles. The van der Waals surface area contributed by atoms with Crippen molar-refractivity contribution < 1.29 is 4.79 Å². The van der Waals surface area contributed by atoms with E-state index in [1.54, 1.807) is 7.05 Å². The Morgan fingerprint density at radius 2 is 2.06 bits per heavy atom. The Labute approximate surface area is 181 Å². The number of fused-ring (bicyclic) bond motifs is 3. The van der Waals surface area contributed by atoms with E-state index in [2.05, 4.69) is 46.2 Å². The second kappa shape index (κ2) is 6.84. The van der Waals surface area contributed by atoms with Gasteiger partial charge in [0, 0.05) is 29.0 Å². The molecular weight excluding hydrogens is 390 g/mol. The fourth-order valence-corrected chi connectivity index (χ4v) is 5.67. The highest BCUT2D eigenvalue weighted by Gasteiger charge is 2.56. The zero-order valence-corrected chi connectivity index (χ0v) is 18.2. The van der Waals surface area contributed by atoms with Gasteiger partial charge in [-0.15, -0.1) is 5.10 Å². The maximum Gasteiger partial charge on any atom is 0.282 e. The third kappa shape index (κ3) is 2.76. The lowest BCUT2D eigenvalue weighted by atomic mass is 9.56. The Hall–Kier alpha value is -3.34. The van der Waals surface area contributed by atoms with Gasteiger partial charge in [0.1, 0.15) is 5.82 Å². The monoisotopic (exact) mass is 415 g/mol. The number of tetrazole rings is 1. The molecule has 0 amide bonds. The second-order valence-corrected chi connectivity index (χ2v) is 9.06. The SMILES string of the molecule is [C-]#[N+]C1C[C@]2(C)c3nc(-c4ccccc4C)n(-c4nnn(C)n4)c3CC[C@H]2[C@H](C)C1=O. The minimum absolute atomic E-state index is 0.0788. The van der Waals surface area contributed by atoms with E-state index in [0.717, 1.165) is 41.2 Å². The van der Waals surface area contributed by atoms with Gasteiger partial charge in [-0.05, 0) is 36.5 Å². The topological polar surface area (TPSA) is 82.8 Å². The smallest absolute Gasteiger partial charge is 0.282 e. The summed E-state index contributed by atoms with van der Waals surface area (Å²) in [7, 11) is 1.75. The molecule has 0 bridgehead atoms. The van der Waals surface area contributed by atoms with Crippen LogP contribution in [0, 0.1) is 25.3 Å². The molecule has 5 rings (SSSR count). The molecule has 4 atom stereocenters. The summed E-state index contributed by atoms with van der Waals surface area (Å²) in [5, 5.41) is 12.8. The minimum atomic E-state index is -0.607. The molecule has 1 saturated carbocycles. The first kappa shape index (κ1) is 19.6. The van der Waals surface area contributed by atoms with Crippen LogP contribution in [0.2, 0.25) is 0 Å². The van der Waals surface area contributed by atoms with Crippen molar-refractivity contribution in [2.24, 2.45) is 18.9 Å². The van der Waals surface area contributed by atoms with Gasteiger partial charge in [-0.3, -0.25) is 9.36 Å². The van der Waals surface area contributed by atoms with Crippen molar-refractivity contribution in [2.45, 2.75) is 51.5 Å². The van der Waals surface area contributed by atoms with E-state index in [4.69, 9.17) is 11.6 Å². The van der Waals surface area contributed by atoms with Gasteiger partial charge >= 0.3 is 0 Å². The molecule has 0 spiro atoms. The molecule has 8 nitrogen and oxygen atoms in total. The second-order valence-electron chi connectivity index (χ2n) is 9.06. The molecule has 8 heteroatoms. The average Bonchev–Trinajstić information content (AvgIpc) is 3.35. The van der Waals surface area contributed by atoms with E-state index in [0.29, 0.717) is 12.4 Å². The molecule has 2 aliphatic carbocycles. The number of ketones is 1. The van der Waals surface area contributed by atoms with E-state index in [1.807, 2.05) is 23.6 Å². The molecule has 0 saturated heterocycles. The third-order valence-corrected chi connectivity index (χ3v) is 7.26. The fourth-order valence-electron chi connectivity index (χ4n) is 5.67. The van der Waals surface area contributed by atoms with Gasteiger partial charge in [0.25, 0.3) is 12.0 Å². The van der Waals surface area contributed by atoms with E-state index in [9.17, 15) is 4.79 Å². The summed E-state index contributed by atoms with van der Waals surface area (Å²) in [5.41, 5.74) is 3.83. The predicted octanol–water partition coefficient (Wildman–Crippen LogP) is 3.09. The number of carbonyl (C=O) groups excluding carboxylic acids is 1. The summed E-state index contributed by atoms with van der Waals surface area (Å²) >= 11 is 0. The zero-order valence-electron chi connectivity index (χ0n) is 18.2. The van der Waals surface area contributed by atoms with Crippen LogP contribution in [0.4, 0.5) is 0 Å². The fraction of sp³-hybridized carbons (Fsp3) is 0.478. The first-order valence-electron chi connectivity index (χ1n) is 10.7. The summed E-state index contributed by atoms with van der Waals surface area (Å²) < 4.78 is 2.03. The summed E-state index contributed by atoms with van der Waals surface area (Å²) in [6.07, 6.45) is 2.17. The number of Topliss-reactive ketones (excluding diaryl/α,β-unsaturated/α-hetero) is 1. The summed E-state index contributed by atoms with van der Waals surface area (Å²) in [4.78, 5) is 23.1. The number of carbonyl (C=O) groups is 1. The van der Waals surface area contributed by atoms with Gasteiger partial charge in [0.05, 0.1) is 12.7 Å². The Bertz CT molecular complexity index is 1230. The van der Waals surface area contributed by atoms with Gasteiger partial charge in [-0.1, -0.05) is 43.2 Å². The van der Waals surface area contributed by atoms with Crippen molar-refractivity contribution in [3.63, 3.8) is 0 Å². The number of hydrogen-bond acceptors (Lipinski definition) is 5. The first-order chi connectivity index (χ1) is 14.8. The molecule has 31 heavy (non-hydrogen) atoms. The Morgan fingerprint density at radius 1 is 1.29 bits per heavy atom. The highest BCUT2D eigenvalue weighted by atomic mass is 16.1. The lowest BCUT2D eigenvalue weighted by Gasteiger charge is -2.46. The maximum absolute atomic E-state index is 12.8. The number of rotatable bonds is 2. The van der Waals surface area contributed by atoms with Crippen LogP contribution in [0.5, 0.6) is 0 Å². The highest BCUT2D eigenvalue weighted by Crippen LogP contribution is 2.52. The highest BCUT2D eigenvalue weighted by molar-refractivity contribution is 5.89. The number of hydrogen-bond donors (Lipinski definition) is 0. The summed E-state index contributed by atoms with van der Waals surface area (Å²) in [5.74, 6) is 1.40. The average molecular weight is 416 g/mol. The van der Waals surface area contributed by atoms with Crippen molar-refractivity contribution >= 4 is 5.78 Å². The molecule has 2 heterocycles. The molecule has 1 aromatic carbocycles. The van der Waals surface area contributed by atoms with Crippen molar-refractivity contribution in [1.29, 1.82) is 0 Å². The molecule has 2 aliphatic rings. The number of benzene rings is 1. The molecule has 158 valence electrons. The first-order valence-corrected chi connectivity index (χ1v) is 10.7. The van der Waals surface area contributed by atoms with Gasteiger partial charge in [-0.25, -0.2) is 11.6 Å². The number of imidazole rings is 1. The number of nitrogens with zero attached hydrogens (tertiary/aromatic N) is 7. The van der Waals surface area contributed by atoms with Crippen molar-refractivity contribution in [1.82, 2.24) is 29.8 Å². The lowest BCUT2D eigenvalue weighted by molar-refractivity contribution is -0.129. The van der Waals surface area contributed by atoms with Crippen LogP contribution in [-0.4, -0.2) is 41.6 Å². The molecule has 3 aromatic rings. The standard InChI is InChI=1S/C23H25N7O/c1-13-8-6-7-9-15(13)21-25-20-18(30(21)22-26-28-29(5)27-22)11-10-16-14(2)19(31)17(24-4)12-23(16,20)3/h6-9,14,16-17H,10-12H2,1-3,5H3/t14-,16-,17?,23-/m0/s1. The van der Waals surface area contributed by atoms with Crippen LogP contribution in [-0.2, 0) is 23.7 Å². The van der Waals surface area contributed by atoms with Crippen LogP contribution < -0.4 is 0 Å². The Kier molecular flexibility index (Phi) is 4.33. The molecule has 1 fully saturated rings. The molecule has 0 radical (unpaired) electrons. The van der Waals surface area contributed by atoms with Crippen molar-refractivity contribution in [2.75, 3.05) is 0 Å². The van der Waals surface area contributed by atoms with Crippen LogP contribution >= 0.6 is 0 Å². The van der Waals surface area contributed by atoms with Crippen LogP contribution in [0.25, 0.3) is 22.2 Å². The molecular formula is C23H25N7O. The minimum Gasteiger partial charge on any atom is -0.305 e. The van der Waals surface area contributed by atoms with E-state index < -0.39 is 6.04 Å². The van der Waals surface area contributed by atoms with Gasteiger partial charge in [0.15, 0.2) is 0 Å². The lowest BCUT2D eigenvalue weighted by Crippen LogP contribution is -2.51. The molecule has 0 N–H and O–H groups in total. The van der Waals surface area contributed by atoms with Crippen LogP contribution in [0.15, 0.2) is 24.3 Å². The quantitative estimate of drug-likeness (QED) is 0.601. The predicted molar refractivity (Wildman–Crippen MR) is 114 cm³/mol. The van der Waals surface area contributed by atoms with Crippen LogP contribution in [0.3, 0.4) is 0 Å². The molecule has 0 aliphatic heterocycles. The van der Waals surface area contributed by atoms with E-state index in [-0.39, 0.29) is 23.0 Å². The Morgan fingerprint density at radius 3 is 2.74 bits per heavy atom. The molecule has 1 unspecified atom stereocenters. The van der Waals surface area contributed by atoms with E-state index in [1.165, 1.54) is 4.80 Å². The maximum atomic E-state index is 12.8. The van der Waals surface area contributed by atoms with E-state index >= 15 is 0 Å². The normalized spacial score (nSPS) is 27.5.